The number of nitrogens with zero attached hydrogens (tertiary/aromatic N) is 2. The van der Waals surface area contributed by atoms with E-state index in [9.17, 15) is 4.79 Å². The minimum atomic E-state index is -0.218. The second kappa shape index (κ2) is 7.53. The van der Waals surface area contributed by atoms with Crippen molar-refractivity contribution in [3.63, 3.8) is 0 Å². The van der Waals surface area contributed by atoms with Gasteiger partial charge in [-0.2, -0.15) is 0 Å². The van der Waals surface area contributed by atoms with E-state index in [-0.39, 0.29) is 5.91 Å². The number of benzene rings is 1. The maximum absolute atomic E-state index is 12.8. The highest BCUT2D eigenvalue weighted by Gasteiger charge is 2.20. The third kappa shape index (κ3) is 3.46. The SMILES string of the molecule is COc1c(Cl)cccc1NC(=O)c1cccnc1N1CCCCC1. The Hall–Kier alpha value is -2.27. The Morgan fingerprint density at radius 1 is 1.21 bits per heavy atom. The Morgan fingerprint density at radius 3 is 2.75 bits per heavy atom. The summed E-state index contributed by atoms with van der Waals surface area (Å²) in [5.41, 5.74) is 1.10. The summed E-state index contributed by atoms with van der Waals surface area (Å²) in [4.78, 5) is 19.4. The molecule has 2 aromatic rings. The van der Waals surface area contributed by atoms with Crippen LogP contribution in [0.25, 0.3) is 0 Å². The first-order valence-corrected chi connectivity index (χ1v) is 8.42. The minimum absolute atomic E-state index is 0.218. The molecule has 5 nitrogen and oxygen atoms in total. The molecule has 1 amide bonds. The number of piperidine rings is 1. The van der Waals surface area contributed by atoms with Gasteiger partial charge in [0.2, 0.25) is 0 Å². The Bertz CT molecular complexity index is 730. The first-order valence-electron chi connectivity index (χ1n) is 8.04. The van der Waals surface area contributed by atoms with Gasteiger partial charge in [0.25, 0.3) is 5.91 Å². The van der Waals surface area contributed by atoms with Crippen molar-refractivity contribution in [1.29, 1.82) is 0 Å². The quantitative estimate of drug-likeness (QED) is 0.910. The zero-order chi connectivity index (χ0) is 16.9. The smallest absolute Gasteiger partial charge is 0.259 e. The van der Waals surface area contributed by atoms with Crippen LogP contribution < -0.4 is 15.0 Å². The van der Waals surface area contributed by atoms with Crippen LogP contribution in [0, 0.1) is 0 Å². The number of carbonyl (C=O) groups is 1. The van der Waals surface area contributed by atoms with Crippen LogP contribution in [0.3, 0.4) is 0 Å². The highest BCUT2D eigenvalue weighted by molar-refractivity contribution is 6.32. The van der Waals surface area contributed by atoms with Crippen molar-refractivity contribution in [2.24, 2.45) is 0 Å². The zero-order valence-electron chi connectivity index (χ0n) is 13.6. The van der Waals surface area contributed by atoms with Crippen molar-refractivity contribution < 1.29 is 9.53 Å². The third-order valence-electron chi connectivity index (χ3n) is 4.11. The number of anilines is 2. The molecule has 0 atom stereocenters. The fourth-order valence-corrected chi connectivity index (χ4v) is 3.19. The number of methoxy groups -OCH3 is 1. The molecule has 2 heterocycles. The Labute approximate surface area is 146 Å². The summed E-state index contributed by atoms with van der Waals surface area (Å²) < 4.78 is 5.29. The van der Waals surface area contributed by atoms with Crippen LogP contribution in [0.2, 0.25) is 5.02 Å². The molecular weight excluding hydrogens is 326 g/mol. The molecule has 126 valence electrons. The van der Waals surface area contributed by atoms with E-state index in [1.165, 1.54) is 13.5 Å². The number of para-hydroxylation sites is 1. The molecule has 0 aliphatic carbocycles. The van der Waals surface area contributed by atoms with E-state index >= 15 is 0 Å². The Morgan fingerprint density at radius 2 is 2.00 bits per heavy atom. The van der Waals surface area contributed by atoms with E-state index in [1.807, 2.05) is 0 Å². The molecule has 0 bridgehead atoms. The Balaban J connectivity index is 1.87. The van der Waals surface area contributed by atoms with Crippen LogP contribution >= 0.6 is 11.6 Å². The number of nitrogens with one attached hydrogen (secondary N) is 1. The van der Waals surface area contributed by atoms with Gasteiger partial charge >= 0.3 is 0 Å². The summed E-state index contributed by atoms with van der Waals surface area (Å²) in [6, 6.07) is 8.83. The van der Waals surface area contributed by atoms with Crippen molar-refractivity contribution in [2.45, 2.75) is 19.3 Å². The molecule has 1 aliphatic heterocycles. The summed E-state index contributed by atoms with van der Waals surface area (Å²) in [7, 11) is 1.53. The van der Waals surface area contributed by atoms with Crippen molar-refractivity contribution in [2.75, 3.05) is 30.4 Å². The Kier molecular flexibility index (Phi) is 5.20. The molecule has 24 heavy (non-hydrogen) atoms. The number of pyridine rings is 1. The zero-order valence-corrected chi connectivity index (χ0v) is 14.3. The first kappa shape index (κ1) is 16.6. The number of rotatable bonds is 4. The van der Waals surface area contributed by atoms with E-state index in [1.54, 1.807) is 36.5 Å². The van der Waals surface area contributed by atoms with Crippen LogP contribution in [0.5, 0.6) is 5.75 Å². The van der Waals surface area contributed by atoms with Crippen LogP contribution in [-0.2, 0) is 0 Å². The lowest BCUT2D eigenvalue weighted by molar-refractivity contribution is 0.102. The van der Waals surface area contributed by atoms with E-state index in [0.29, 0.717) is 22.0 Å². The lowest BCUT2D eigenvalue weighted by Gasteiger charge is -2.29. The molecule has 1 saturated heterocycles. The van der Waals surface area contributed by atoms with E-state index in [4.69, 9.17) is 16.3 Å². The van der Waals surface area contributed by atoms with Gasteiger partial charge in [0.1, 0.15) is 5.82 Å². The molecule has 0 unspecified atom stereocenters. The molecular formula is C18H20ClN3O2. The van der Waals surface area contributed by atoms with Crippen LogP contribution in [0.15, 0.2) is 36.5 Å². The normalized spacial score (nSPS) is 14.3. The van der Waals surface area contributed by atoms with E-state index in [0.717, 1.165) is 31.7 Å². The average Bonchev–Trinajstić information content (AvgIpc) is 2.62. The number of hydrogen-bond donors (Lipinski definition) is 1. The second-order valence-corrected chi connectivity index (χ2v) is 6.10. The summed E-state index contributed by atoms with van der Waals surface area (Å²) in [5, 5.41) is 3.34. The number of aromatic nitrogens is 1. The predicted octanol–water partition coefficient (Wildman–Crippen LogP) is 3.99. The summed E-state index contributed by atoms with van der Waals surface area (Å²) in [6.45, 7) is 1.86. The molecule has 1 N–H and O–H groups in total. The van der Waals surface area contributed by atoms with Gasteiger partial charge < -0.3 is 15.0 Å². The number of amides is 1. The van der Waals surface area contributed by atoms with Crippen LogP contribution in [0.1, 0.15) is 29.6 Å². The molecule has 0 saturated carbocycles. The maximum atomic E-state index is 12.8. The van der Waals surface area contributed by atoms with E-state index < -0.39 is 0 Å². The van der Waals surface area contributed by atoms with Gasteiger partial charge in [-0.25, -0.2) is 4.98 Å². The molecule has 0 spiro atoms. The standard InChI is InChI=1S/C18H20ClN3O2/c1-24-16-14(19)8-5-9-15(16)21-18(23)13-7-6-10-20-17(13)22-11-3-2-4-12-22/h5-10H,2-4,11-12H2,1H3,(H,21,23). The van der Waals surface area contributed by atoms with Gasteiger partial charge in [0, 0.05) is 19.3 Å². The average molecular weight is 346 g/mol. The van der Waals surface area contributed by atoms with Crippen LogP contribution in [-0.4, -0.2) is 31.1 Å². The fraction of sp³-hybridized carbons (Fsp3) is 0.333. The van der Waals surface area contributed by atoms with Gasteiger partial charge in [0.15, 0.2) is 5.75 Å². The molecule has 1 aliphatic rings. The maximum Gasteiger partial charge on any atom is 0.259 e. The number of carbonyl (C=O) groups excluding carboxylic acids is 1. The largest absolute Gasteiger partial charge is 0.493 e. The number of halogens is 1. The molecule has 1 aromatic heterocycles. The summed E-state index contributed by atoms with van der Waals surface area (Å²) >= 11 is 6.12. The number of ether oxygens (including phenoxy) is 1. The first-order chi connectivity index (χ1) is 11.7. The molecule has 1 fully saturated rings. The molecule has 6 heteroatoms. The third-order valence-corrected chi connectivity index (χ3v) is 4.40. The van der Waals surface area contributed by atoms with Crippen molar-refractivity contribution >= 4 is 29.0 Å². The van der Waals surface area contributed by atoms with Crippen molar-refractivity contribution in [3.8, 4) is 5.75 Å². The van der Waals surface area contributed by atoms with Gasteiger partial charge in [-0.15, -0.1) is 0 Å². The van der Waals surface area contributed by atoms with E-state index in [2.05, 4.69) is 15.2 Å². The topological polar surface area (TPSA) is 54.5 Å². The number of hydrogen-bond acceptors (Lipinski definition) is 4. The van der Waals surface area contributed by atoms with Gasteiger partial charge in [-0.3, -0.25) is 4.79 Å². The lowest BCUT2D eigenvalue weighted by atomic mass is 10.1. The second-order valence-electron chi connectivity index (χ2n) is 5.70. The molecule has 1 aromatic carbocycles. The molecule has 3 rings (SSSR count). The van der Waals surface area contributed by atoms with Crippen molar-refractivity contribution in [3.05, 3.63) is 47.1 Å². The van der Waals surface area contributed by atoms with Gasteiger partial charge in [0.05, 0.1) is 23.4 Å². The molecule has 0 radical (unpaired) electrons. The highest BCUT2D eigenvalue weighted by atomic mass is 35.5. The minimum Gasteiger partial charge on any atom is -0.493 e. The lowest BCUT2D eigenvalue weighted by Crippen LogP contribution is -2.32. The summed E-state index contributed by atoms with van der Waals surface area (Å²) in [6.07, 6.45) is 5.20. The van der Waals surface area contributed by atoms with Crippen LogP contribution in [0.4, 0.5) is 11.5 Å². The van der Waals surface area contributed by atoms with Gasteiger partial charge in [-0.05, 0) is 43.5 Å². The van der Waals surface area contributed by atoms with Crippen molar-refractivity contribution in [1.82, 2.24) is 4.98 Å². The predicted molar refractivity (Wildman–Crippen MR) is 96.3 cm³/mol. The monoisotopic (exact) mass is 345 g/mol. The van der Waals surface area contributed by atoms with Gasteiger partial charge in [-0.1, -0.05) is 17.7 Å². The summed E-state index contributed by atoms with van der Waals surface area (Å²) in [5.74, 6) is 0.968. The highest BCUT2D eigenvalue weighted by Crippen LogP contribution is 2.33. The fourth-order valence-electron chi connectivity index (χ4n) is 2.94.